The van der Waals surface area contributed by atoms with E-state index in [1.807, 2.05) is 6.92 Å². The number of amides is 3. The number of aromatic nitrogens is 2. The number of halogens is 4. The number of anilines is 3. The van der Waals surface area contributed by atoms with Crippen LogP contribution in [0.5, 0.6) is 17.4 Å². The van der Waals surface area contributed by atoms with Crippen molar-refractivity contribution >= 4 is 51.5 Å². The van der Waals surface area contributed by atoms with Crippen LogP contribution in [0.1, 0.15) is 12.5 Å². The molecule has 4 aromatic rings. The highest BCUT2D eigenvalue weighted by atomic mass is 35.5. The largest absolute Gasteiger partial charge is 0.489 e. The molecule has 0 saturated carbocycles. The number of nitrogens with zero attached hydrogens (tertiary/aromatic N) is 2. The third kappa shape index (κ3) is 8.33. The minimum Gasteiger partial charge on any atom is -0.489 e. The van der Waals surface area contributed by atoms with Crippen molar-refractivity contribution in [1.82, 2.24) is 9.97 Å². The van der Waals surface area contributed by atoms with Gasteiger partial charge in [0.1, 0.15) is 24.4 Å². The predicted molar refractivity (Wildman–Crippen MR) is 156 cm³/mol. The van der Waals surface area contributed by atoms with E-state index in [1.165, 1.54) is 24.5 Å². The average Bonchev–Trinajstić information content (AvgIpc) is 2.97. The summed E-state index contributed by atoms with van der Waals surface area (Å²) >= 11 is 5.62. The summed E-state index contributed by atoms with van der Waals surface area (Å²) in [5.74, 6) is 0.458. The molecule has 0 bridgehead atoms. The molecule has 0 aliphatic rings. The first kappa shape index (κ1) is 31.1. The third-order valence-electron chi connectivity index (χ3n) is 5.69. The van der Waals surface area contributed by atoms with Gasteiger partial charge in [0.05, 0.1) is 33.8 Å². The number of nitrogens with one attached hydrogen (secondary N) is 3. The Labute approximate surface area is 248 Å². The molecular weight excluding hydrogens is 591 g/mol. The lowest BCUT2D eigenvalue weighted by Crippen LogP contribution is -2.19. The molecule has 4 rings (SSSR count). The Morgan fingerprint density at radius 3 is 2.40 bits per heavy atom. The highest BCUT2D eigenvalue weighted by molar-refractivity contribution is 6.31. The van der Waals surface area contributed by atoms with E-state index >= 15 is 0 Å². The number of carbonyl (C=O) groups excluding carboxylic acids is 2. The van der Waals surface area contributed by atoms with Crippen molar-refractivity contribution in [1.29, 1.82) is 0 Å². The van der Waals surface area contributed by atoms with E-state index in [1.54, 1.807) is 24.3 Å². The Bertz CT molecular complexity index is 1630. The second-order valence-electron chi connectivity index (χ2n) is 8.68. The molecule has 3 N–H and O–H groups in total. The highest BCUT2D eigenvalue weighted by Crippen LogP contribution is 2.37. The van der Waals surface area contributed by atoms with Crippen LogP contribution in [-0.2, 0) is 15.7 Å². The molecule has 14 heteroatoms. The van der Waals surface area contributed by atoms with Crippen LogP contribution in [0.15, 0.2) is 73.6 Å². The molecule has 0 aliphatic carbocycles. The number of rotatable bonds is 11. The van der Waals surface area contributed by atoms with Crippen LogP contribution in [0, 0.1) is 0 Å². The van der Waals surface area contributed by atoms with Gasteiger partial charge in [-0.2, -0.15) is 13.2 Å². The first-order chi connectivity index (χ1) is 20.6. The SMILES string of the molecule is C=CC(=O)Nc1cc2c(Oc3ccc(NC(=O)Nc4ccc(Cl)c(C(F)(F)F)c4)cc3)ncnc2cc1OCCOCC. The predicted octanol–water partition coefficient (Wildman–Crippen LogP) is 7.28. The number of fused-ring (bicyclic) bond motifs is 1. The van der Waals surface area contributed by atoms with Gasteiger partial charge in [0.15, 0.2) is 0 Å². The van der Waals surface area contributed by atoms with Crippen LogP contribution in [-0.4, -0.2) is 41.7 Å². The van der Waals surface area contributed by atoms with Crippen molar-refractivity contribution in [3.05, 3.63) is 84.2 Å². The fourth-order valence-corrected chi connectivity index (χ4v) is 3.95. The van der Waals surface area contributed by atoms with Gasteiger partial charge in [-0.3, -0.25) is 4.79 Å². The van der Waals surface area contributed by atoms with Crippen LogP contribution in [0.2, 0.25) is 5.02 Å². The molecule has 224 valence electrons. The lowest BCUT2D eigenvalue weighted by molar-refractivity contribution is -0.137. The molecule has 3 amide bonds. The molecule has 43 heavy (non-hydrogen) atoms. The van der Waals surface area contributed by atoms with Crippen LogP contribution in [0.25, 0.3) is 10.9 Å². The molecule has 0 radical (unpaired) electrons. The smallest absolute Gasteiger partial charge is 0.417 e. The third-order valence-corrected chi connectivity index (χ3v) is 6.02. The zero-order valence-corrected chi connectivity index (χ0v) is 23.4. The Hall–Kier alpha value is -4.88. The minimum absolute atomic E-state index is 0.0867. The van der Waals surface area contributed by atoms with Crippen molar-refractivity contribution in [2.45, 2.75) is 13.1 Å². The van der Waals surface area contributed by atoms with E-state index in [0.29, 0.717) is 47.0 Å². The summed E-state index contributed by atoms with van der Waals surface area (Å²) in [5.41, 5.74) is 0.0224. The summed E-state index contributed by atoms with van der Waals surface area (Å²) in [6.07, 6.45) is -2.24. The van der Waals surface area contributed by atoms with Crippen molar-refractivity contribution < 1.29 is 37.0 Å². The Kier molecular flexibility index (Phi) is 10.0. The molecule has 10 nitrogen and oxygen atoms in total. The zero-order chi connectivity index (χ0) is 31.0. The van der Waals surface area contributed by atoms with Crippen LogP contribution < -0.4 is 25.4 Å². The molecule has 1 aromatic heterocycles. The molecular formula is C29H25ClF3N5O5. The molecule has 0 spiro atoms. The topological polar surface area (TPSA) is 124 Å². The fraction of sp³-hybridized carbons (Fsp3) is 0.172. The van der Waals surface area contributed by atoms with Gasteiger partial charge in [-0.1, -0.05) is 18.2 Å². The summed E-state index contributed by atoms with van der Waals surface area (Å²) in [6, 6.07) is 11.7. The molecule has 0 aliphatic heterocycles. The number of alkyl halides is 3. The molecule has 0 unspecified atom stereocenters. The minimum atomic E-state index is -4.67. The molecule has 0 saturated heterocycles. The Morgan fingerprint density at radius 1 is 0.977 bits per heavy atom. The van der Waals surface area contributed by atoms with Gasteiger partial charge in [0.2, 0.25) is 11.8 Å². The number of hydrogen-bond donors (Lipinski definition) is 3. The van der Waals surface area contributed by atoms with Crippen molar-refractivity contribution in [3.63, 3.8) is 0 Å². The molecule has 1 heterocycles. The van der Waals surface area contributed by atoms with E-state index in [-0.39, 0.29) is 18.2 Å². The lowest BCUT2D eigenvalue weighted by atomic mass is 10.2. The van der Waals surface area contributed by atoms with Gasteiger partial charge >= 0.3 is 12.2 Å². The maximum atomic E-state index is 13.1. The number of urea groups is 1. The second-order valence-corrected chi connectivity index (χ2v) is 9.09. The van der Waals surface area contributed by atoms with Gasteiger partial charge < -0.3 is 30.2 Å². The number of benzene rings is 3. The maximum absolute atomic E-state index is 13.1. The van der Waals surface area contributed by atoms with Crippen molar-refractivity contribution in [2.24, 2.45) is 0 Å². The number of carbonyl (C=O) groups is 2. The van der Waals surface area contributed by atoms with Gasteiger partial charge in [0, 0.05) is 24.0 Å². The maximum Gasteiger partial charge on any atom is 0.417 e. The fourth-order valence-electron chi connectivity index (χ4n) is 3.73. The summed E-state index contributed by atoms with van der Waals surface area (Å²) in [5, 5.41) is 7.56. The first-order valence-corrected chi connectivity index (χ1v) is 13.1. The Balaban J connectivity index is 1.48. The summed E-state index contributed by atoms with van der Waals surface area (Å²) in [6.45, 7) is 6.48. The van der Waals surface area contributed by atoms with Gasteiger partial charge in [-0.15, -0.1) is 0 Å². The van der Waals surface area contributed by atoms with E-state index in [2.05, 4.69) is 32.5 Å². The highest BCUT2D eigenvalue weighted by Gasteiger charge is 2.33. The van der Waals surface area contributed by atoms with Crippen LogP contribution in [0.4, 0.5) is 35.0 Å². The standard InChI is InChI=1S/C29H25ClF3N5O5/c1-3-26(39)38-24-14-20-23(15-25(24)42-12-11-41-4-2)34-16-35-27(20)43-19-8-5-17(6-9-19)36-28(40)37-18-7-10-22(30)21(13-18)29(31,32)33/h3,5-10,13-16H,1,4,11-12H2,2H3,(H,38,39)(H2,36,37,40). The van der Waals surface area contributed by atoms with E-state index in [4.69, 9.17) is 25.8 Å². The summed E-state index contributed by atoms with van der Waals surface area (Å²) < 4.78 is 56.3. The lowest BCUT2D eigenvalue weighted by Gasteiger charge is -2.15. The van der Waals surface area contributed by atoms with E-state index in [9.17, 15) is 22.8 Å². The second kappa shape index (κ2) is 13.9. The van der Waals surface area contributed by atoms with Crippen molar-refractivity contribution in [2.75, 3.05) is 35.8 Å². The molecule has 3 aromatic carbocycles. The van der Waals surface area contributed by atoms with Crippen molar-refractivity contribution in [3.8, 4) is 17.4 Å². The van der Waals surface area contributed by atoms with Crippen LogP contribution in [0.3, 0.4) is 0 Å². The summed E-state index contributed by atoms with van der Waals surface area (Å²) in [7, 11) is 0. The number of hydrogen-bond acceptors (Lipinski definition) is 7. The van der Waals surface area contributed by atoms with Gasteiger partial charge in [0.25, 0.3) is 0 Å². The number of ether oxygens (including phenoxy) is 3. The molecule has 0 fully saturated rings. The normalized spacial score (nSPS) is 11.1. The van der Waals surface area contributed by atoms with E-state index < -0.39 is 28.7 Å². The zero-order valence-electron chi connectivity index (χ0n) is 22.6. The molecule has 0 atom stereocenters. The first-order valence-electron chi connectivity index (χ1n) is 12.7. The van der Waals surface area contributed by atoms with Gasteiger partial charge in [-0.05, 0) is 61.5 Å². The monoisotopic (exact) mass is 615 g/mol. The summed E-state index contributed by atoms with van der Waals surface area (Å²) in [4.78, 5) is 32.9. The Morgan fingerprint density at radius 2 is 1.70 bits per heavy atom. The van der Waals surface area contributed by atoms with Crippen LogP contribution >= 0.6 is 11.6 Å². The van der Waals surface area contributed by atoms with Gasteiger partial charge in [-0.25, -0.2) is 14.8 Å². The van der Waals surface area contributed by atoms with E-state index in [0.717, 1.165) is 18.2 Å². The quantitative estimate of drug-likeness (QED) is 0.120. The average molecular weight is 616 g/mol.